The fourth-order valence-corrected chi connectivity index (χ4v) is 3.25. The molecule has 18 heavy (non-hydrogen) atoms. The molecule has 1 N–H and O–H groups in total. The molecule has 1 unspecified atom stereocenters. The van der Waals surface area contributed by atoms with Crippen molar-refractivity contribution in [2.75, 3.05) is 20.2 Å². The van der Waals surface area contributed by atoms with Gasteiger partial charge in [0.1, 0.15) is 4.88 Å². The van der Waals surface area contributed by atoms with Crippen LogP contribution in [0.15, 0.2) is 6.07 Å². The molecule has 1 aromatic rings. The number of rotatable bonds is 3. The fourth-order valence-electron chi connectivity index (χ4n) is 2.29. The predicted molar refractivity (Wildman–Crippen MR) is 70.9 cm³/mol. The molecule has 0 aliphatic carbocycles. The summed E-state index contributed by atoms with van der Waals surface area (Å²) in [5.41, 5.74) is 1.16. The van der Waals surface area contributed by atoms with Crippen LogP contribution in [0, 0.1) is 6.92 Å². The number of likely N-dealkylation sites (tertiary alicyclic amines) is 1. The van der Waals surface area contributed by atoms with Crippen LogP contribution in [0.25, 0.3) is 0 Å². The summed E-state index contributed by atoms with van der Waals surface area (Å²) < 4.78 is 4.73. The molecule has 1 aromatic heterocycles. The van der Waals surface area contributed by atoms with Gasteiger partial charge < -0.3 is 9.84 Å². The second-order valence-electron chi connectivity index (χ2n) is 4.71. The Morgan fingerprint density at radius 3 is 3.11 bits per heavy atom. The molecule has 0 spiro atoms. The number of aliphatic hydroxyl groups is 1. The third-order valence-electron chi connectivity index (χ3n) is 3.28. The minimum absolute atomic E-state index is 0.210. The second-order valence-corrected chi connectivity index (χ2v) is 5.97. The van der Waals surface area contributed by atoms with Crippen LogP contribution in [-0.4, -0.2) is 42.3 Å². The van der Waals surface area contributed by atoms with Crippen LogP contribution in [0.4, 0.5) is 0 Å². The van der Waals surface area contributed by atoms with Gasteiger partial charge in [-0.25, -0.2) is 4.79 Å². The van der Waals surface area contributed by atoms with Gasteiger partial charge in [-0.1, -0.05) is 0 Å². The van der Waals surface area contributed by atoms with Gasteiger partial charge in [0.25, 0.3) is 0 Å². The number of esters is 1. The topological polar surface area (TPSA) is 49.8 Å². The lowest BCUT2D eigenvalue weighted by molar-refractivity contribution is 0.0604. The molecule has 1 aliphatic heterocycles. The highest BCUT2D eigenvalue weighted by Crippen LogP contribution is 2.24. The van der Waals surface area contributed by atoms with Crippen molar-refractivity contribution < 1.29 is 14.6 Å². The summed E-state index contributed by atoms with van der Waals surface area (Å²) in [5, 5.41) is 9.65. The van der Waals surface area contributed by atoms with Gasteiger partial charge in [0.15, 0.2) is 0 Å². The lowest BCUT2D eigenvalue weighted by Crippen LogP contribution is -2.37. The van der Waals surface area contributed by atoms with E-state index in [4.69, 9.17) is 4.74 Å². The summed E-state index contributed by atoms with van der Waals surface area (Å²) in [4.78, 5) is 15.5. The first-order chi connectivity index (χ1) is 8.60. The Morgan fingerprint density at radius 1 is 1.67 bits per heavy atom. The van der Waals surface area contributed by atoms with Crippen LogP contribution in [-0.2, 0) is 11.3 Å². The Balaban J connectivity index is 2.04. The number of nitrogens with zero attached hydrogens (tertiary/aromatic N) is 1. The summed E-state index contributed by atoms with van der Waals surface area (Å²) in [6.45, 7) is 4.56. The van der Waals surface area contributed by atoms with Crippen LogP contribution in [0.3, 0.4) is 0 Å². The molecule has 5 heteroatoms. The Bertz CT molecular complexity index is 430. The lowest BCUT2D eigenvalue weighted by Gasteiger charge is -2.29. The number of thiophene rings is 1. The van der Waals surface area contributed by atoms with Crippen molar-refractivity contribution in [3.8, 4) is 0 Å². The number of ether oxygens (including phenoxy) is 1. The van der Waals surface area contributed by atoms with E-state index in [9.17, 15) is 9.90 Å². The first kappa shape index (κ1) is 13.5. The molecule has 1 fully saturated rings. The number of hydrogen-bond acceptors (Lipinski definition) is 5. The third-order valence-corrected chi connectivity index (χ3v) is 4.35. The molecule has 0 bridgehead atoms. The van der Waals surface area contributed by atoms with Crippen molar-refractivity contribution in [2.45, 2.75) is 32.4 Å². The van der Waals surface area contributed by atoms with Gasteiger partial charge in [-0.05, 0) is 37.9 Å². The maximum absolute atomic E-state index is 11.5. The number of carbonyl (C=O) groups is 1. The van der Waals surface area contributed by atoms with E-state index in [1.165, 1.54) is 18.4 Å². The average Bonchev–Trinajstić information content (AvgIpc) is 2.70. The van der Waals surface area contributed by atoms with E-state index in [1.807, 2.05) is 13.0 Å². The molecule has 0 saturated carbocycles. The molecular formula is C13H19NO3S. The summed E-state index contributed by atoms with van der Waals surface area (Å²) in [6, 6.07) is 1.91. The Kier molecular flexibility index (Phi) is 4.37. The van der Waals surface area contributed by atoms with E-state index in [1.54, 1.807) is 0 Å². The number of β-amino-alcohol motifs (C(OH)–C–C–N with tert-alkyl or cyclic N) is 1. The zero-order valence-electron chi connectivity index (χ0n) is 10.8. The first-order valence-electron chi connectivity index (χ1n) is 6.18. The molecule has 2 rings (SSSR count). The van der Waals surface area contributed by atoms with Gasteiger partial charge in [-0.2, -0.15) is 0 Å². The lowest BCUT2D eigenvalue weighted by atomic mass is 10.1. The maximum Gasteiger partial charge on any atom is 0.348 e. The number of aliphatic hydroxyl groups excluding tert-OH is 1. The minimum atomic E-state index is -0.270. The molecule has 1 aliphatic rings. The standard InChI is InChI=1S/C13H19NO3S/c1-9-10(6-12(18-9)13(16)17-2)7-14-5-3-4-11(15)8-14/h6,11,15H,3-5,7-8H2,1-2H3. The molecule has 0 radical (unpaired) electrons. The highest BCUT2D eigenvalue weighted by molar-refractivity contribution is 7.14. The van der Waals surface area contributed by atoms with Crippen LogP contribution >= 0.6 is 11.3 Å². The zero-order valence-corrected chi connectivity index (χ0v) is 11.6. The molecule has 0 amide bonds. The van der Waals surface area contributed by atoms with E-state index in [0.29, 0.717) is 4.88 Å². The Labute approximate surface area is 111 Å². The average molecular weight is 269 g/mol. The van der Waals surface area contributed by atoms with Gasteiger partial charge in [-0.15, -0.1) is 11.3 Å². The van der Waals surface area contributed by atoms with Crippen LogP contribution in [0.2, 0.25) is 0 Å². The highest BCUT2D eigenvalue weighted by atomic mass is 32.1. The summed E-state index contributed by atoms with van der Waals surface area (Å²) >= 11 is 1.47. The highest BCUT2D eigenvalue weighted by Gasteiger charge is 2.20. The third kappa shape index (κ3) is 3.10. The smallest absolute Gasteiger partial charge is 0.348 e. The molecule has 2 heterocycles. The summed E-state index contributed by atoms with van der Waals surface area (Å²) in [7, 11) is 1.40. The summed E-state index contributed by atoms with van der Waals surface area (Å²) in [5.74, 6) is -0.270. The first-order valence-corrected chi connectivity index (χ1v) is 7.00. The maximum atomic E-state index is 11.5. The van der Waals surface area contributed by atoms with Gasteiger partial charge in [0.05, 0.1) is 13.2 Å². The van der Waals surface area contributed by atoms with E-state index in [2.05, 4.69) is 4.90 Å². The van der Waals surface area contributed by atoms with Crippen molar-refractivity contribution in [2.24, 2.45) is 0 Å². The van der Waals surface area contributed by atoms with Gasteiger partial charge in [0, 0.05) is 18.0 Å². The summed E-state index contributed by atoms with van der Waals surface area (Å²) in [6.07, 6.45) is 1.72. The van der Waals surface area contributed by atoms with Gasteiger partial charge >= 0.3 is 5.97 Å². The predicted octanol–water partition coefficient (Wildman–Crippen LogP) is 1.80. The van der Waals surface area contributed by atoms with Crippen molar-refractivity contribution in [3.63, 3.8) is 0 Å². The fraction of sp³-hybridized carbons (Fsp3) is 0.615. The monoisotopic (exact) mass is 269 g/mol. The van der Waals surface area contributed by atoms with Crippen molar-refractivity contribution in [1.82, 2.24) is 4.90 Å². The molecule has 0 aromatic carbocycles. The van der Waals surface area contributed by atoms with Crippen molar-refractivity contribution >= 4 is 17.3 Å². The van der Waals surface area contributed by atoms with Crippen molar-refractivity contribution in [3.05, 3.63) is 21.4 Å². The van der Waals surface area contributed by atoms with E-state index >= 15 is 0 Å². The molecule has 1 saturated heterocycles. The molecule has 1 atom stereocenters. The number of hydrogen-bond donors (Lipinski definition) is 1. The Hall–Kier alpha value is -0.910. The number of piperidine rings is 1. The van der Waals surface area contributed by atoms with Crippen LogP contribution in [0.5, 0.6) is 0 Å². The second kappa shape index (κ2) is 5.82. The Morgan fingerprint density at radius 2 is 2.44 bits per heavy atom. The van der Waals surface area contributed by atoms with E-state index in [0.717, 1.165) is 42.9 Å². The SMILES string of the molecule is COC(=O)c1cc(CN2CCCC(O)C2)c(C)s1. The minimum Gasteiger partial charge on any atom is -0.465 e. The zero-order chi connectivity index (χ0) is 13.1. The van der Waals surface area contributed by atoms with Crippen LogP contribution in [0.1, 0.15) is 33.0 Å². The quantitative estimate of drug-likeness (QED) is 0.850. The van der Waals surface area contributed by atoms with E-state index < -0.39 is 0 Å². The molecule has 100 valence electrons. The number of methoxy groups -OCH3 is 1. The molecular weight excluding hydrogens is 250 g/mol. The van der Waals surface area contributed by atoms with Gasteiger partial charge in [-0.3, -0.25) is 4.90 Å². The normalized spacial score (nSPS) is 20.9. The number of aryl methyl sites for hydroxylation is 1. The molecule has 4 nitrogen and oxygen atoms in total. The number of carbonyl (C=O) groups excluding carboxylic acids is 1. The van der Waals surface area contributed by atoms with E-state index in [-0.39, 0.29) is 12.1 Å². The van der Waals surface area contributed by atoms with Gasteiger partial charge in [0.2, 0.25) is 0 Å². The largest absolute Gasteiger partial charge is 0.465 e. The van der Waals surface area contributed by atoms with Crippen LogP contribution < -0.4 is 0 Å². The van der Waals surface area contributed by atoms with Crippen molar-refractivity contribution in [1.29, 1.82) is 0 Å².